The third kappa shape index (κ3) is 2.70. The normalized spacial score (nSPS) is 11.1. The fourth-order valence-corrected chi connectivity index (χ4v) is 3.52. The van der Waals surface area contributed by atoms with E-state index in [1.807, 2.05) is 37.3 Å². The summed E-state index contributed by atoms with van der Waals surface area (Å²) in [6, 6.07) is 12.9. The Morgan fingerprint density at radius 3 is 2.64 bits per heavy atom. The zero-order valence-electron chi connectivity index (χ0n) is 13.4. The van der Waals surface area contributed by atoms with Gasteiger partial charge in [-0.3, -0.25) is 4.79 Å². The molecule has 0 radical (unpaired) electrons. The molecule has 5 nitrogen and oxygen atoms in total. The fourth-order valence-electron chi connectivity index (χ4n) is 2.67. The van der Waals surface area contributed by atoms with Gasteiger partial charge in [0, 0.05) is 11.6 Å². The van der Waals surface area contributed by atoms with Crippen molar-refractivity contribution in [1.29, 1.82) is 0 Å². The van der Waals surface area contributed by atoms with Crippen LogP contribution in [0, 0.1) is 0 Å². The molecule has 4 rings (SSSR count). The number of aromatic hydroxyl groups is 1. The lowest BCUT2D eigenvalue weighted by atomic mass is 10.1. The molecule has 2 heterocycles. The van der Waals surface area contributed by atoms with E-state index in [0.717, 1.165) is 10.6 Å². The summed E-state index contributed by atoms with van der Waals surface area (Å²) in [5.41, 5.74) is 2.22. The van der Waals surface area contributed by atoms with Gasteiger partial charge in [0.05, 0.1) is 10.9 Å². The van der Waals surface area contributed by atoms with Crippen molar-refractivity contribution >= 4 is 22.3 Å². The van der Waals surface area contributed by atoms with E-state index >= 15 is 0 Å². The van der Waals surface area contributed by atoms with Crippen molar-refractivity contribution in [2.45, 2.75) is 13.3 Å². The van der Waals surface area contributed by atoms with Crippen molar-refractivity contribution in [2.75, 3.05) is 0 Å². The molecule has 2 aromatic carbocycles. The fraction of sp³-hybridized carbons (Fsp3) is 0.105. The lowest BCUT2D eigenvalue weighted by Gasteiger charge is -2.04. The van der Waals surface area contributed by atoms with Crippen LogP contribution in [-0.4, -0.2) is 15.3 Å². The van der Waals surface area contributed by atoms with Crippen molar-refractivity contribution in [2.24, 2.45) is 0 Å². The molecule has 0 saturated heterocycles. The summed E-state index contributed by atoms with van der Waals surface area (Å²) in [6.07, 6.45) is 2.01. The molecular formula is C19H14N2O3S. The third-order valence-corrected chi connectivity index (χ3v) is 5.04. The van der Waals surface area contributed by atoms with Gasteiger partial charge >= 0.3 is 0 Å². The molecule has 0 aliphatic heterocycles. The number of nitrogens with zero attached hydrogens (tertiary/aromatic N) is 2. The SMILES string of the molecule is CCc1cc2c(=O)c(-c3nnc(-c4ccccc4)s3)coc2cc1O. The van der Waals surface area contributed by atoms with E-state index in [2.05, 4.69) is 10.2 Å². The molecule has 6 heteroatoms. The quantitative estimate of drug-likeness (QED) is 0.598. The van der Waals surface area contributed by atoms with E-state index in [1.54, 1.807) is 6.07 Å². The predicted octanol–water partition coefficient (Wildman–Crippen LogP) is 4.25. The summed E-state index contributed by atoms with van der Waals surface area (Å²) >= 11 is 1.34. The van der Waals surface area contributed by atoms with Gasteiger partial charge in [-0.1, -0.05) is 48.6 Å². The van der Waals surface area contributed by atoms with Gasteiger partial charge in [-0.15, -0.1) is 10.2 Å². The number of phenols is 1. The second kappa shape index (κ2) is 6.14. The average molecular weight is 350 g/mol. The molecule has 0 fully saturated rings. The highest BCUT2D eigenvalue weighted by Crippen LogP contribution is 2.30. The molecule has 0 aliphatic carbocycles. The number of hydrogen-bond donors (Lipinski definition) is 1. The number of aryl methyl sites for hydroxylation is 1. The molecular weight excluding hydrogens is 336 g/mol. The zero-order chi connectivity index (χ0) is 17.4. The molecule has 124 valence electrons. The van der Waals surface area contributed by atoms with Gasteiger partial charge in [0.15, 0.2) is 5.01 Å². The van der Waals surface area contributed by atoms with Gasteiger partial charge in [0.25, 0.3) is 0 Å². The van der Waals surface area contributed by atoms with Gasteiger partial charge < -0.3 is 9.52 Å². The van der Waals surface area contributed by atoms with Gasteiger partial charge in [0.2, 0.25) is 5.43 Å². The summed E-state index contributed by atoms with van der Waals surface area (Å²) in [4.78, 5) is 12.9. The van der Waals surface area contributed by atoms with Crippen LogP contribution in [0.2, 0.25) is 0 Å². The Kier molecular flexibility index (Phi) is 3.82. The first-order valence-electron chi connectivity index (χ1n) is 7.84. The summed E-state index contributed by atoms with van der Waals surface area (Å²) < 4.78 is 5.55. The Morgan fingerprint density at radius 2 is 1.88 bits per heavy atom. The molecule has 0 aliphatic rings. The molecule has 0 atom stereocenters. The average Bonchev–Trinajstić information content (AvgIpc) is 3.12. The Labute approximate surface area is 147 Å². The van der Waals surface area contributed by atoms with Crippen molar-refractivity contribution < 1.29 is 9.52 Å². The van der Waals surface area contributed by atoms with Crippen LogP contribution in [0.3, 0.4) is 0 Å². The minimum atomic E-state index is -0.174. The summed E-state index contributed by atoms with van der Waals surface area (Å²) in [5.74, 6) is 0.133. The maximum absolute atomic E-state index is 12.9. The number of phenolic OH excluding ortho intramolecular Hbond substituents is 1. The van der Waals surface area contributed by atoms with Gasteiger partial charge in [-0.2, -0.15) is 0 Å². The van der Waals surface area contributed by atoms with Crippen LogP contribution in [0.1, 0.15) is 12.5 Å². The van der Waals surface area contributed by atoms with Crippen LogP contribution in [0.5, 0.6) is 5.75 Å². The van der Waals surface area contributed by atoms with Gasteiger partial charge in [0.1, 0.15) is 22.6 Å². The summed E-state index contributed by atoms with van der Waals surface area (Å²) in [7, 11) is 0. The predicted molar refractivity (Wildman–Crippen MR) is 97.9 cm³/mol. The van der Waals surface area contributed by atoms with Crippen LogP contribution < -0.4 is 5.43 Å². The third-order valence-electron chi connectivity index (χ3n) is 4.03. The van der Waals surface area contributed by atoms with E-state index in [0.29, 0.717) is 33.5 Å². The lowest BCUT2D eigenvalue weighted by molar-refractivity contribution is 0.467. The van der Waals surface area contributed by atoms with Gasteiger partial charge in [-0.25, -0.2) is 0 Å². The highest BCUT2D eigenvalue weighted by Gasteiger charge is 2.16. The highest BCUT2D eigenvalue weighted by atomic mass is 32.1. The van der Waals surface area contributed by atoms with Crippen LogP contribution in [0.25, 0.3) is 32.1 Å². The van der Waals surface area contributed by atoms with E-state index in [4.69, 9.17) is 4.42 Å². The highest BCUT2D eigenvalue weighted by molar-refractivity contribution is 7.17. The standard InChI is InChI=1S/C19H14N2O3S/c1-2-11-8-13-16(9-15(11)22)24-10-14(17(13)23)19-21-20-18(25-19)12-6-4-3-5-7-12/h3-10,22H,2H2,1H3. The van der Waals surface area contributed by atoms with E-state index in [9.17, 15) is 9.90 Å². The van der Waals surface area contributed by atoms with Gasteiger partial charge in [-0.05, 0) is 18.1 Å². The molecule has 4 aromatic rings. The first-order valence-corrected chi connectivity index (χ1v) is 8.65. The lowest BCUT2D eigenvalue weighted by Crippen LogP contribution is -2.05. The van der Waals surface area contributed by atoms with Crippen molar-refractivity contribution in [3.63, 3.8) is 0 Å². The number of rotatable bonds is 3. The molecule has 0 spiro atoms. The largest absolute Gasteiger partial charge is 0.508 e. The second-order valence-corrected chi connectivity index (χ2v) is 6.57. The minimum Gasteiger partial charge on any atom is -0.508 e. The maximum Gasteiger partial charge on any atom is 0.203 e. The molecule has 1 N–H and O–H groups in total. The summed E-state index contributed by atoms with van der Waals surface area (Å²) in [6.45, 7) is 1.92. The summed E-state index contributed by atoms with van der Waals surface area (Å²) in [5, 5.41) is 20.0. The molecule has 25 heavy (non-hydrogen) atoms. The molecule has 0 unspecified atom stereocenters. The first-order chi connectivity index (χ1) is 12.2. The van der Waals surface area contributed by atoms with Crippen molar-refractivity contribution in [3.05, 3.63) is 64.5 Å². The maximum atomic E-state index is 12.9. The van der Waals surface area contributed by atoms with Crippen LogP contribution >= 0.6 is 11.3 Å². The van der Waals surface area contributed by atoms with E-state index in [-0.39, 0.29) is 11.2 Å². The number of hydrogen-bond acceptors (Lipinski definition) is 6. The zero-order valence-corrected chi connectivity index (χ0v) is 14.2. The minimum absolute atomic E-state index is 0.133. The second-order valence-electron chi connectivity index (χ2n) is 5.59. The molecule has 0 bridgehead atoms. The van der Waals surface area contributed by atoms with Crippen LogP contribution in [0.4, 0.5) is 0 Å². The van der Waals surface area contributed by atoms with Crippen molar-refractivity contribution in [3.8, 4) is 26.9 Å². The van der Waals surface area contributed by atoms with Crippen LogP contribution in [-0.2, 0) is 6.42 Å². The first kappa shape index (κ1) is 15.5. The van der Waals surface area contributed by atoms with E-state index in [1.165, 1.54) is 23.7 Å². The molecule has 0 amide bonds. The Morgan fingerprint density at radius 1 is 1.12 bits per heavy atom. The molecule has 2 aromatic heterocycles. The number of aromatic nitrogens is 2. The number of benzene rings is 2. The topological polar surface area (TPSA) is 76.2 Å². The Bertz CT molecular complexity index is 1120. The van der Waals surface area contributed by atoms with E-state index < -0.39 is 0 Å². The smallest absolute Gasteiger partial charge is 0.203 e. The van der Waals surface area contributed by atoms with Crippen molar-refractivity contribution in [1.82, 2.24) is 10.2 Å². The van der Waals surface area contributed by atoms with Crippen LogP contribution in [0.15, 0.2) is 57.9 Å². The number of fused-ring (bicyclic) bond motifs is 1. The Balaban J connectivity index is 1.85. The monoisotopic (exact) mass is 350 g/mol. The Hall–Kier alpha value is -2.99. The molecule has 0 saturated carbocycles.